The second-order valence-corrected chi connectivity index (χ2v) is 5.63. The Balaban J connectivity index is 1.71. The molecular formula is C13H13ClN6O. The molecule has 3 heterocycles. The number of rotatable bonds is 1. The molecule has 2 aromatic rings. The second-order valence-electron chi connectivity index (χ2n) is 5.22. The summed E-state index contributed by atoms with van der Waals surface area (Å²) in [5, 5.41) is 11.4. The molecule has 21 heavy (non-hydrogen) atoms. The third kappa shape index (κ3) is 1.89. The fraction of sp³-hybridized carbons (Fsp3) is 0.308. The van der Waals surface area contributed by atoms with Crippen LogP contribution in [0.1, 0.15) is 17.4 Å². The van der Waals surface area contributed by atoms with Crippen molar-refractivity contribution in [1.29, 1.82) is 0 Å². The van der Waals surface area contributed by atoms with Gasteiger partial charge >= 0.3 is 0 Å². The first-order valence-electron chi connectivity index (χ1n) is 6.65. The number of aromatic nitrogens is 3. The standard InChI is InChI=1S/C13H13ClN6O/c14-8-3-7-9(17-13(21)12(7)15)4-10(8)19-1-2-20-6-16-18-11(20)5-19/h3-4,6,12H,1-2,5,15H2,(H,17,21). The van der Waals surface area contributed by atoms with Gasteiger partial charge < -0.3 is 20.5 Å². The lowest BCUT2D eigenvalue weighted by molar-refractivity contribution is -0.116. The lowest BCUT2D eigenvalue weighted by atomic mass is 10.1. The number of halogens is 1. The van der Waals surface area contributed by atoms with Crippen LogP contribution in [0.3, 0.4) is 0 Å². The van der Waals surface area contributed by atoms with E-state index < -0.39 is 6.04 Å². The average Bonchev–Trinajstić information content (AvgIpc) is 3.04. The number of carbonyl (C=O) groups excluding carboxylic acids is 1. The zero-order valence-corrected chi connectivity index (χ0v) is 11.8. The molecule has 1 aromatic carbocycles. The van der Waals surface area contributed by atoms with E-state index in [2.05, 4.69) is 20.4 Å². The lowest BCUT2D eigenvalue weighted by Crippen LogP contribution is -2.33. The van der Waals surface area contributed by atoms with E-state index in [1.807, 2.05) is 10.6 Å². The molecule has 4 rings (SSSR count). The zero-order valence-electron chi connectivity index (χ0n) is 11.1. The van der Waals surface area contributed by atoms with Crippen molar-refractivity contribution in [2.45, 2.75) is 19.1 Å². The van der Waals surface area contributed by atoms with Gasteiger partial charge in [0.1, 0.15) is 12.4 Å². The van der Waals surface area contributed by atoms with E-state index in [4.69, 9.17) is 17.3 Å². The number of hydrogen-bond acceptors (Lipinski definition) is 5. The van der Waals surface area contributed by atoms with Crippen LogP contribution in [0.5, 0.6) is 0 Å². The highest BCUT2D eigenvalue weighted by Crippen LogP contribution is 2.38. The molecule has 1 amide bonds. The molecule has 1 unspecified atom stereocenters. The van der Waals surface area contributed by atoms with Crippen LogP contribution in [0.25, 0.3) is 0 Å². The Bertz CT molecular complexity index is 742. The summed E-state index contributed by atoms with van der Waals surface area (Å²) >= 11 is 6.38. The van der Waals surface area contributed by atoms with Gasteiger partial charge in [0.15, 0.2) is 5.82 Å². The summed E-state index contributed by atoms with van der Waals surface area (Å²) in [6, 6.07) is 3.01. The van der Waals surface area contributed by atoms with Crippen LogP contribution < -0.4 is 16.0 Å². The molecule has 0 spiro atoms. The topological polar surface area (TPSA) is 89.1 Å². The van der Waals surface area contributed by atoms with Crippen molar-refractivity contribution in [3.63, 3.8) is 0 Å². The molecule has 0 aliphatic carbocycles. The summed E-state index contributed by atoms with van der Waals surface area (Å²) in [6.45, 7) is 2.25. The van der Waals surface area contributed by atoms with Crippen LogP contribution in [0.4, 0.5) is 11.4 Å². The Morgan fingerprint density at radius 2 is 2.24 bits per heavy atom. The minimum atomic E-state index is -0.643. The SMILES string of the molecule is NC1C(=O)Nc2cc(N3CCn4cnnc4C3)c(Cl)cc21. The van der Waals surface area contributed by atoms with Gasteiger partial charge in [-0.25, -0.2) is 0 Å². The highest BCUT2D eigenvalue weighted by atomic mass is 35.5. The van der Waals surface area contributed by atoms with Crippen LogP contribution in [0, 0.1) is 0 Å². The van der Waals surface area contributed by atoms with Crippen molar-refractivity contribution in [3.05, 3.63) is 34.9 Å². The van der Waals surface area contributed by atoms with Gasteiger partial charge in [0.2, 0.25) is 5.91 Å². The highest BCUT2D eigenvalue weighted by molar-refractivity contribution is 6.33. The summed E-state index contributed by atoms with van der Waals surface area (Å²) in [6.07, 6.45) is 1.73. The van der Waals surface area contributed by atoms with Gasteiger partial charge in [-0.05, 0) is 12.1 Å². The number of nitrogens with one attached hydrogen (secondary N) is 1. The monoisotopic (exact) mass is 304 g/mol. The number of nitrogens with two attached hydrogens (primary N) is 1. The molecule has 8 heteroatoms. The minimum Gasteiger partial charge on any atom is -0.361 e. The van der Waals surface area contributed by atoms with Gasteiger partial charge in [-0.1, -0.05) is 11.6 Å². The molecule has 2 aliphatic heterocycles. The summed E-state index contributed by atoms with van der Waals surface area (Å²) < 4.78 is 2.02. The third-order valence-corrected chi connectivity index (χ3v) is 4.28. The molecule has 0 saturated heterocycles. The number of amides is 1. The predicted octanol–water partition coefficient (Wildman–Crippen LogP) is 0.904. The minimum absolute atomic E-state index is 0.198. The Kier molecular flexibility index (Phi) is 2.66. The average molecular weight is 305 g/mol. The summed E-state index contributed by atoms with van der Waals surface area (Å²) in [5.41, 5.74) is 8.18. The largest absolute Gasteiger partial charge is 0.361 e. The predicted molar refractivity (Wildman–Crippen MR) is 78.1 cm³/mol. The van der Waals surface area contributed by atoms with E-state index in [1.54, 1.807) is 12.4 Å². The Morgan fingerprint density at radius 1 is 1.38 bits per heavy atom. The molecule has 3 N–H and O–H groups in total. The smallest absolute Gasteiger partial charge is 0.245 e. The Hall–Kier alpha value is -2.12. The fourth-order valence-corrected chi connectivity index (χ4v) is 3.10. The normalized spacial score (nSPS) is 20.2. The molecule has 0 bridgehead atoms. The summed E-state index contributed by atoms with van der Waals surface area (Å²) in [5.74, 6) is 0.704. The Labute approximate surface area is 125 Å². The highest BCUT2D eigenvalue weighted by Gasteiger charge is 2.29. The second kappa shape index (κ2) is 4.44. The molecule has 0 saturated carbocycles. The van der Waals surface area contributed by atoms with Gasteiger partial charge in [-0.15, -0.1) is 10.2 Å². The molecule has 1 atom stereocenters. The molecule has 1 aromatic heterocycles. The van der Waals surface area contributed by atoms with Gasteiger partial charge in [0.05, 0.1) is 17.3 Å². The first-order chi connectivity index (χ1) is 10.1. The molecule has 7 nitrogen and oxygen atoms in total. The van der Waals surface area contributed by atoms with E-state index in [0.717, 1.165) is 35.9 Å². The number of anilines is 2. The molecular weight excluding hydrogens is 292 g/mol. The van der Waals surface area contributed by atoms with Gasteiger partial charge in [0.25, 0.3) is 0 Å². The van der Waals surface area contributed by atoms with E-state index in [0.29, 0.717) is 11.6 Å². The quantitative estimate of drug-likeness (QED) is 0.817. The number of benzene rings is 1. The van der Waals surface area contributed by atoms with E-state index >= 15 is 0 Å². The van der Waals surface area contributed by atoms with E-state index in [-0.39, 0.29) is 5.91 Å². The summed E-state index contributed by atoms with van der Waals surface area (Å²) in [7, 11) is 0. The van der Waals surface area contributed by atoms with Crippen LogP contribution >= 0.6 is 11.6 Å². The molecule has 0 fully saturated rings. The molecule has 0 radical (unpaired) electrons. The van der Waals surface area contributed by atoms with Gasteiger partial charge in [0, 0.05) is 24.3 Å². The van der Waals surface area contributed by atoms with Crippen LogP contribution in [0.15, 0.2) is 18.5 Å². The number of fused-ring (bicyclic) bond motifs is 2. The Morgan fingerprint density at radius 3 is 3.10 bits per heavy atom. The van der Waals surface area contributed by atoms with E-state index in [9.17, 15) is 4.79 Å². The van der Waals surface area contributed by atoms with Crippen molar-refractivity contribution in [3.8, 4) is 0 Å². The first kappa shape index (κ1) is 12.6. The van der Waals surface area contributed by atoms with Gasteiger partial charge in [-0.2, -0.15) is 0 Å². The summed E-state index contributed by atoms with van der Waals surface area (Å²) in [4.78, 5) is 13.8. The van der Waals surface area contributed by atoms with Crippen molar-refractivity contribution in [2.75, 3.05) is 16.8 Å². The molecule has 108 valence electrons. The molecule has 2 aliphatic rings. The number of hydrogen-bond donors (Lipinski definition) is 2. The number of nitrogens with zero attached hydrogens (tertiary/aromatic N) is 4. The third-order valence-electron chi connectivity index (χ3n) is 3.97. The first-order valence-corrected chi connectivity index (χ1v) is 7.03. The lowest BCUT2D eigenvalue weighted by Gasteiger charge is -2.30. The van der Waals surface area contributed by atoms with Crippen LogP contribution in [0.2, 0.25) is 5.02 Å². The maximum absolute atomic E-state index is 11.6. The maximum Gasteiger partial charge on any atom is 0.245 e. The van der Waals surface area contributed by atoms with Crippen molar-refractivity contribution >= 4 is 28.9 Å². The number of carbonyl (C=O) groups is 1. The van der Waals surface area contributed by atoms with Crippen molar-refractivity contribution < 1.29 is 4.79 Å². The van der Waals surface area contributed by atoms with Crippen molar-refractivity contribution in [2.24, 2.45) is 5.73 Å². The van der Waals surface area contributed by atoms with Crippen molar-refractivity contribution in [1.82, 2.24) is 14.8 Å². The van der Waals surface area contributed by atoms with Crippen LogP contribution in [-0.2, 0) is 17.9 Å². The zero-order chi connectivity index (χ0) is 14.6. The maximum atomic E-state index is 11.6. The van der Waals surface area contributed by atoms with Gasteiger partial charge in [-0.3, -0.25) is 4.79 Å². The van der Waals surface area contributed by atoms with E-state index in [1.165, 1.54) is 0 Å². The fourth-order valence-electron chi connectivity index (χ4n) is 2.81. The van der Waals surface area contributed by atoms with Crippen LogP contribution in [-0.4, -0.2) is 27.2 Å².